The van der Waals surface area contributed by atoms with Gasteiger partial charge in [0.05, 0.1) is 56.3 Å². The molecule has 0 amide bonds. The first-order valence-electron chi connectivity index (χ1n) is 30.7. The quantitative estimate of drug-likeness (QED) is 0.0482. The van der Waals surface area contributed by atoms with E-state index in [0.717, 1.165) is 12.0 Å². The molecular formula is C59H96O27. The molecule has 86 heavy (non-hydrogen) atoms. The van der Waals surface area contributed by atoms with Gasteiger partial charge in [-0.05, 0) is 111 Å². The summed E-state index contributed by atoms with van der Waals surface area (Å²) in [5.74, 6) is -1.29. The minimum Gasteiger partial charge on any atom is -0.432 e. The number of esters is 1. The summed E-state index contributed by atoms with van der Waals surface area (Å²) in [7, 11) is 0. The summed E-state index contributed by atoms with van der Waals surface area (Å²) in [6.45, 7) is 13.6. The fourth-order valence-electron chi connectivity index (χ4n) is 17.5. The van der Waals surface area contributed by atoms with Gasteiger partial charge in [0.2, 0.25) is 6.29 Å². The van der Waals surface area contributed by atoms with Crippen LogP contribution in [-0.4, -0.2) is 274 Å². The van der Waals surface area contributed by atoms with Crippen molar-refractivity contribution in [3.8, 4) is 0 Å². The van der Waals surface area contributed by atoms with Crippen molar-refractivity contribution < 1.29 is 134 Å². The van der Waals surface area contributed by atoms with E-state index in [-0.39, 0.29) is 48.7 Å². The average molecular weight is 1240 g/mol. The van der Waals surface area contributed by atoms with E-state index in [1.54, 1.807) is 0 Å². The average Bonchev–Trinajstić information content (AvgIpc) is 0.696. The van der Waals surface area contributed by atoms with Gasteiger partial charge in [-0.1, -0.05) is 53.2 Å². The van der Waals surface area contributed by atoms with E-state index in [1.165, 1.54) is 13.8 Å². The van der Waals surface area contributed by atoms with Gasteiger partial charge in [0, 0.05) is 5.41 Å². The zero-order valence-corrected chi connectivity index (χ0v) is 50.2. The third kappa shape index (κ3) is 11.0. The van der Waals surface area contributed by atoms with Crippen LogP contribution >= 0.6 is 0 Å². The van der Waals surface area contributed by atoms with Crippen LogP contribution in [0.2, 0.25) is 0 Å². The van der Waals surface area contributed by atoms with Crippen molar-refractivity contribution >= 4 is 5.97 Å². The highest BCUT2D eigenvalue weighted by atomic mass is 16.8. The van der Waals surface area contributed by atoms with Gasteiger partial charge in [-0.2, -0.15) is 0 Å². The van der Waals surface area contributed by atoms with Gasteiger partial charge in [-0.3, -0.25) is 4.79 Å². The van der Waals surface area contributed by atoms with E-state index < -0.39 is 206 Å². The lowest BCUT2D eigenvalue weighted by Gasteiger charge is -2.71. The molecule has 10 rings (SSSR count). The fourth-order valence-corrected chi connectivity index (χ4v) is 17.5. The van der Waals surface area contributed by atoms with E-state index >= 15 is 4.79 Å². The number of carbonyl (C=O) groups is 1. The highest BCUT2D eigenvalue weighted by molar-refractivity contribution is 5.79. The second kappa shape index (κ2) is 24.6. The normalized spacial score (nSPS) is 55.6. The van der Waals surface area contributed by atoms with E-state index in [0.29, 0.717) is 38.5 Å². The Balaban J connectivity index is 0.843. The van der Waals surface area contributed by atoms with Crippen LogP contribution in [0.5, 0.6) is 0 Å². The molecule has 4 saturated carbocycles. The zero-order valence-electron chi connectivity index (χ0n) is 50.2. The van der Waals surface area contributed by atoms with Crippen molar-refractivity contribution in [1.82, 2.24) is 0 Å². The lowest BCUT2D eigenvalue weighted by atomic mass is 9.33. The van der Waals surface area contributed by atoms with Crippen LogP contribution < -0.4 is 0 Å². The summed E-state index contributed by atoms with van der Waals surface area (Å²) in [5, 5.41) is 174. The molecule has 0 aromatic heterocycles. The molecule has 34 atom stereocenters. The molecule has 0 aromatic carbocycles. The maximum absolute atomic E-state index is 15.3. The monoisotopic (exact) mass is 1240 g/mol. The van der Waals surface area contributed by atoms with Crippen LogP contribution in [0, 0.1) is 50.2 Å². The Bertz CT molecular complexity index is 2400. The maximum atomic E-state index is 15.3. The largest absolute Gasteiger partial charge is 0.432 e. The molecule has 5 saturated heterocycles. The molecule has 5 heterocycles. The second-order valence-electron chi connectivity index (χ2n) is 28.5. The highest BCUT2D eigenvalue weighted by Gasteiger charge is 2.71. The second-order valence-corrected chi connectivity index (χ2v) is 28.5. The summed E-state index contributed by atoms with van der Waals surface area (Å²) < 4.78 is 59.3. The maximum Gasteiger partial charge on any atom is 0.315 e. The van der Waals surface area contributed by atoms with Crippen LogP contribution in [0.3, 0.4) is 0 Å². The Morgan fingerprint density at radius 2 is 1.15 bits per heavy atom. The number of carbonyl (C=O) groups excluding carboxylic acids is 1. The van der Waals surface area contributed by atoms with Gasteiger partial charge < -0.3 is 129 Å². The number of aliphatic hydroxyl groups is 16. The Hall–Kier alpha value is -1.79. The molecule has 5 aliphatic carbocycles. The summed E-state index contributed by atoms with van der Waals surface area (Å²) in [6.07, 6.45) is -33.2. The molecule has 0 aromatic rings. The summed E-state index contributed by atoms with van der Waals surface area (Å²) in [5.41, 5.74) is -3.05. The van der Waals surface area contributed by atoms with Crippen molar-refractivity contribution in [2.45, 2.75) is 273 Å². The standard InChI is InChI=1S/C59H96O27/c1-23-34(64)38(68)42(72)49(79-23)84-46-28(19-60)81-48(45(75)41(46)71)78-21-29-37(67)40(70)44(74)51(82-29)86-53(76)59-16-15-57(7)25(26(59)17-54(3,4)32(63)18-59)9-10-31-55(5)13-12-33(56(6,22-61)30(55)11-14-58(31,57)8)83-52-47(36(66)27(62)20-77-52)85-50-43(73)39(69)35(65)24(2)80-50/h9,23-24,26-52,60-75H,10-22H2,1-8H3/t23-,24-,26?,27-,28+,29+,30?,31?,32+,33-,34-,35-,36-,37+,38+,39+,40-,41+,42+,43+,44+,45+,46+,47+,48+,49-,50-,51-,52-,55-,56-,57+,58+,59+/m0/s1. The van der Waals surface area contributed by atoms with Crippen molar-refractivity contribution in [3.63, 3.8) is 0 Å². The molecule has 27 heteroatoms. The highest BCUT2D eigenvalue weighted by Crippen LogP contribution is 2.76. The van der Waals surface area contributed by atoms with E-state index in [1.807, 2.05) is 20.8 Å². The van der Waals surface area contributed by atoms with Crippen molar-refractivity contribution in [2.24, 2.45) is 50.2 Å². The Morgan fingerprint density at radius 3 is 1.77 bits per heavy atom. The Morgan fingerprint density at radius 1 is 0.570 bits per heavy atom. The van der Waals surface area contributed by atoms with Crippen LogP contribution in [-0.2, 0) is 52.2 Å². The van der Waals surface area contributed by atoms with Crippen LogP contribution in [0.1, 0.15) is 113 Å². The molecule has 9 fully saturated rings. The number of allylic oxidation sites excluding steroid dienone is 2. The molecular weight excluding hydrogens is 1140 g/mol. The molecule has 27 nitrogen and oxygen atoms in total. The van der Waals surface area contributed by atoms with Gasteiger partial charge in [-0.25, -0.2) is 0 Å². The number of aliphatic hydroxyl groups excluding tert-OH is 16. The summed E-state index contributed by atoms with van der Waals surface area (Å²) in [4.78, 5) is 15.3. The molecule has 3 unspecified atom stereocenters. The minimum atomic E-state index is -1.97. The molecule has 0 radical (unpaired) electrons. The van der Waals surface area contributed by atoms with Crippen molar-refractivity contribution in [1.29, 1.82) is 0 Å². The first kappa shape index (κ1) is 67.1. The number of fused-ring (bicyclic) bond motifs is 7. The first-order chi connectivity index (χ1) is 40.2. The van der Waals surface area contributed by atoms with Gasteiger partial charge in [-0.15, -0.1) is 0 Å². The number of ether oxygens (including phenoxy) is 10. The SMILES string of the molecule is C[C@@H]1O[C@@H](O[C@H]2[C@H](O[C@H]3CC[C@@]4(C)C(CC[C@]5(C)C4CC=C4C6CC(C)(C)[C@H](O)C[C@]6(C(=O)O[C@@H]6O[C@H](CO[C@@H]7O[C@H](CO)[C@@H](O[C@@H]8O[C@@H](C)[C@H](O)[C@@H](O)[C@H]8O)[C@H](O)[C@H]7O)[C@@H](O)[C@H](O)[C@H]6O)CC[C@]45C)[C@]3(C)CO)OC[C@H](O)[C@@H]2O)[C@H](O)[C@H](O)[C@H]1O. The van der Waals surface area contributed by atoms with E-state index in [4.69, 9.17) is 47.4 Å². The minimum absolute atomic E-state index is 0.00203. The first-order valence-corrected chi connectivity index (χ1v) is 30.7. The molecule has 16 N–H and O–H groups in total. The van der Waals surface area contributed by atoms with Crippen LogP contribution in [0.15, 0.2) is 11.6 Å². The third-order valence-corrected chi connectivity index (χ3v) is 23.4. The lowest BCUT2D eigenvalue weighted by Crippen LogP contribution is -2.67. The molecule has 0 spiro atoms. The number of hydrogen-bond acceptors (Lipinski definition) is 27. The molecule has 494 valence electrons. The zero-order chi connectivity index (χ0) is 62.9. The van der Waals surface area contributed by atoms with E-state index in [9.17, 15) is 81.7 Å². The van der Waals surface area contributed by atoms with E-state index in [2.05, 4.69) is 26.8 Å². The van der Waals surface area contributed by atoms with Crippen LogP contribution in [0.25, 0.3) is 0 Å². The molecule has 5 aliphatic heterocycles. The smallest absolute Gasteiger partial charge is 0.315 e. The van der Waals surface area contributed by atoms with Crippen LogP contribution in [0.4, 0.5) is 0 Å². The molecule has 0 bridgehead atoms. The van der Waals surface area contributed by atoms with Gasteiger partial charge in [0.1, 0.15) is 104 Å². The molecule has 10 aliphatic rings. The fraction of sp³-hybridized carbons (Fsp3) is 0.949. The van der Waals surface area contributed by atoms with Crippen molar-refractivity contribution in [2.75, 3.05) is 26.4 Å². The number of hydrogen-bond donors (Lipinski definition) is 16. The third-order valence-electron chi connectivity index (χ3n) is 23.4. The summed E-state index contributed by atoms with van der Waals surface area (Å²) in [6, 6.07) is 0. The summed E-state index contributed by atoms with van der Waals surface area (Å²) >= 11 is 0. The van der Waals surface area contributed by atoms with Gasteiger partial charge >= 0.3 is 5.97 Å². The predicted molar refractivity (Wildman–Crippen MR) is 289 cm³/mol. The topological polar surface area (TPSA) is 433 Å². The Labute approximate surface area is 499 Å². The number of rotatable bonds is 13. The van der Waals surface area contributed by atoms with Gasteiger partial charge in [0.15, 0.2) is 25.2 Å². The Kier molecular flexibility index (Phi) is 19.2. The van der Waals surface area contributed by atoms with Gasteiger partial charge in [0.25, 0.3) is 0 Å². The predicted octanol–water partition coefficient (Wildman–Crippen LogP) is -3.57. The van der Waals surface area contributed by atoms with Crippen molar-refractivity contribution in [3.05, 3.63) is 11.6 Å². The lowest BCUT2D eigenvalue weighted by molar-refractivity contribution is -0.365.